The molecule has 88 valence electrons. The van der Waals surface area contributed by atoms with Gasteiger partial charge in [0, 0.05) is 5.56 Å². The molecule has 0 spiro atoms. The molecule has 4 nitrogen and oxygen atoms in total. The Labute approximate surface area is 93.3 Å². The number of nitrogens with two attached hydrogens (primary N) is 1. The van der Waals surface area contributed by atoms with Crippen LogP contribution in [0.25, 0.3) is 0 Å². The monoisotopic (exact) mass is 245 g/mol. The summed E-state index contributed by atoms with van der Waals surface area (Å²) in [5, 5.41) is 3.67. The summed E-state index contributed by atoms with van der Waals surface area (Å²) in [5.41, 5.74) is 0.141. The van der Waals surface area contributed by atoms with Crippen molar-refractivity contribution < 1.29 is 17.6 Å². The molecule has 1 unspecified atom stereocenters. The van der Waals surface area contributed by atoms with Crippen molar-refractivity contribution in [2.24, 2.45) is 5.14 Å². The van der Waals surface area contributed by atoms with E-state index >= 15 is 0 Å². The van der Waals surface area contributed by atoms with Crippen LogP contribution in [0.1, 0.15) is 23.7 Å². The lowest BCUT2D eigenvalue weighted by atomic mass is 10.1. The van der Waals surface area contributed by atoms with Gasteiger partial charge < -0.3 is 0 Å². The van der Waals surface area contributed by atoms with Gasteiger partial charge in [-0.1, -0.05) is 6.92 Å². The molecule has 0 aliphatic carbocycles. The highest BCUT2D eigenvalue weighted by atomic mass is 32.2. The summed E-state index contributed by atoms with van der Waals surface area (Å²) in [6.45, 7) is 1.55. The van der Waals surface area contributed by atoms with Crippen molar-refractivity contribution in [1.29, 1.82) is 0 Å². The number of Topliss-reactive ketones (excluding diaryl/α,β-unsaturated/α-hetero) is 1. The number of carbonyl (C=O) groups excluding carboxylic acids is 1. The number of rotatable bonds is 4. The molecular formula is C10H12FNO3S. The van der Waals surface area contributed by atoms with Gasteiger partial charge in [-0.2, -0.15) is 0 Å². The van der Waals surface area contributed by atoms with Crippen molar-refractivity contribution in [2.75, 3.05) is 0 Å². The lowest BCUT2D eigenvalue weighted by molar-refractivity contribution is 0.0985. The second kappa shape index (κ2) is 4.71. The largest absolute Gasteiger partial charge is 0.293 e. The maximum atomic E-state index is 12.6. The number of halogens is 1. The molecule has 16 heavy (non-hydrogen) atoms. The van der Waals surface area contributed by atoms with Crippen molar-refractivity contribution in [2.45, 2.75) is 18.6 Å². The standard InChI is InChI=1S/C10H12FNO3S/c1-2-9(16(12,14)15)10(13)7-3-5-8(11)6-4-7/h3-6,9H,2H2,1H3,(H2,12,14,15). The Morgan fingerprint density at radius 1 is 1.38 bits per heavy atom. The molecule has 2 N–H and O–H groups in total. The van der Waals surface area contributed by atoms with E-state index in [4.69, 9.17) is 5.14 Å². The predicted molar refractivity (Wildman–Crippen MR) is 57.9 cm³/mol. The molecule has 0 bridgehead atoms. The van der Waals surface area contributed by atoms with E-state index in [1.54, 1.807) is 6.92 Å². The third-order valence-electron chi connectivity index (χ3n) is 2.19. The van der Waals surface area contributed by atoms with Crippen LogP contribution in [-0.2, 0) is 10.0 Å². The van der Waals surface area contributed by atoms with E-state index in [1.165, 1.54) is 12.1 Å². The third-order valence-corrected chi connectivity index (χ3v) is 3.53. The number of hydrogen-bond donors (Lipinski definition) is 1. The molecule has 1 aromatic rings. The average molecular weight is 245 g/mol. The van der Waals surface area contributed by atoms with E-state index in [9.17, 15) is 17.6 Å². The van der Waals surface area contributed by atoms with Crippen molar-refractivity contribution in [3.8, 4) is 0 Å². The number of hydrogen-bond acceptors (Lipinski definition) is 3. The Morgan fingerprint density at radius 2 is 1.88 bits per heavy atom. The number of primary sulfonamides is 1. The zero-order valence-corrected chi connectivity index (χ0v) is 9.50. The van der Waals surface area contributed by atoms with E-state index in [1.807, 2.05) is 0 Å². The van der Waals surface area contributed by atoms with E-state index in [0.29, 0.717) is 0 Å². The maximum absolute atomic E-state index is 12.6. The highest BCUT2D eigenvalue weighted by Gasteiger charge is 2.28. The zero-order valence-electron chi connectivity index (χ0n) is 8.68. The first-order valence-electron chi connectivity index (χ1n) is 4.67. The van der Waals surface area contributed by atoms with Crippen LogP contribution in [0, 0.1) is 5.82 Å². The van der Waals surface area contributed by atoms with E-state index in [-0.39, 0.29) is 12.0 Å². The maximum Gasteiger partial charge on any atom is 0.219 e. The van der Waals surface area contributed by atoms with Crippen molar-refractivity contribution >= 4 is 15.8 Å². The van der Waals surface area contributed by atoms with Crippen LogP contribution in [-0.4, -0.2) is 19.5 Å². The Kier molecular flexibility index (Phi) is 3.77. The molecule has 0 amide bonds. The van der Waals surface area contributed by atoms with Crippen LogP contribution in [0.15, 0.2) is 24.3 Å². The Morgan fingerprint density at radius 3 is 2.25 bits per heavy atom. The summed E-state index contributed by atoms with van der Waals surface area (Å²) in [5.74, 6) is -1.09. The van der Waals surface area contributed by atoms with E-state index in [0.717, 1.165) is 12.1 Å². The van der Waals surface area contributed by atoms with Gasteiger partial charge in [-0.25, -0.2) is 17.9 Å². The van der Waals surface area contributed by atoms with Crippen LogP contribution in [0.5, 0.6) is 0 Å². The van der Waals surface area contributed by atoms with E-state index in [2.05, 4.69) is 0 Å². The molecule has 0 saturated heterocycles. The quantitative estimate of drug-likeness (QED) is 0.806. The van der Waals surface area contributed by atoms with Gasteiger partial charge in [0.15, 0.2) is 5.78 Å². The topological polar surface area (TPSA) is 77.2 Å². The first-order chi connectivity index (χ1) is 7.36. The number of carbonyl (C=O) groups is 1. The number of benzene rings is 1. The molecule has 0 fully saturated rings. The second-order valence-corrected chi connectivity index (χ2v) is 5.10. The molecule has 1 rings (SSSR count). The molecule has 1 aromatic carbocycles. The van der Waals surface area contributed by atoms with Crippen molar-refractivity contribution in [1.82, 2.24) is 0 Å². The summed E-state index contributed by atoms with van der Waals surface area (Å²) < 4.78 is 34.9. The first kappa shape index (κ1) is 12.8. The SMILES string of the molecule is CCC(C(=O)c1ccc(F)cc1)S(N)(=O)=O. The van der Waals surface area contributed by atoms with Crippen LogP contribution in [0.4, 0.5) is 4.39 Å². The van der Waals surface area contributed by atoms with Gasteiger partial charge >= 0.3 is 0 Å². The van der Waals surface area contributed by atoms with Crippen molar-refractivity contribution in [3.05, 3.63) is 35.6 Å². The summed E-state index contributed by atoms with van der Waals surface area (Å²) in [6, 6.07) is 4.68. The molecule has 0 radical (unpaired) electrons. The molecule has 1 atom stereocenters. The highest BCUT2D eigenvalue weighted by molar-refractivity contribution is 7.90. The van der Waals surface area contributed by atoms with Crippen LogP contribution < -0.4 is 5.14 Å². The van der Waals surface area contributed by atoms with Crippen LogP contribution >= 0.6 is 0 Å². The second-order valence-electron chi connectivity index (χ2n) is 3.36. The predicted octanol–water partition coefficient (Wildman–Crippen LogP) is 1.08. The number of ketones is 1. The lowest BCUT2D eigenvalue weighted by Crippen LogP contribution is -2.35. The van der Waals surface area contributed by atoms with E-state index < -0.39 is 26.9 Å². The molecule has 0 heterocycles. The van der Waals surface area contributed by atoms with Gasteiger partial charge in [0.25, 0.3) is 0 Å². The summed E-state index contributed by atoms with van der Waals surface area (Å²) >= 11 is 0. The zero-order chi connectivity index (χ0) is 12.3. The van der Waals surface area contributed by atoms with Crippen molar-refractivity contribution in [3.63, 3.8) is 0 Å². The molecular weight excluding hydrogens is 233 g/mol. The summed E-state index contributed by atoms with van der Waals surface area (Å²) in [6.07, 6.45) is 0.0923. The Balaban J connectivity index is 3.06. The highest BCUT2D eigenvalue weighted by Crippen LogP contribution is 2.12. The van der Waals surface area contributed by atoms with Gasteiger partial charge in [-0.05, 0) is 30.7 Å². The fourth-order valence-electron chi connectivity index (χ4n) is 1.37. The van der Waals surface area contributed by atoms with Crippen LogP contribution in [0.3, 0.4) is 0 Å². The lowest BCUT2D eigenvalue weighted by Gasteiger charge is -2.10. The fourth-order valence-corrected chi connectivity index (χ4v) is 2.27. The number of sulfonamides is 1. The van der Waals surface area contributed by atoms with Gasteiger partial charge in [-0.15, -0.1) is 0 Å². The molecule has 0 aliphatic rings. The first-order valence-corrected chi connectivity index (χ1v) is 6.28. The molecule has 6 heteroatoms. The van der Waals surface area contributed by atoms with Gasteiger partial charge in [0.2, 0.25) is 10.0 Å². The van der Waals surface area contributed by atoms with Gasteiger partial charge in [-0.3, -0.25) is 4.79 Å². The molecule has 0 saturated carbocycles. The minimum atomic E-state index is -3.92. The normalized spacial score (nSPS) is 13.4. The minimum Gasteiger partial charge on any atom is -0.293 e. The van der Waals surface area contributed by atoms with Crippen LogP contribution in [0.2, 0.25) is 0 Å². The average Bonchev–Trinajstić information content (AvgIpc) is 2.17. The molecule has 0 aliphatic heterocycles. The molecule has 0 aromatic heterocycles. The minimum absolute atomic E-state index is 0.0923. The Hall–Kier alpha value is -1.27. The smallest absolute Gasteiger partial charge is 0.219 e. The summed E-state index contributed by atoms with van der Waals surface area (Å²) in [7, 11) is -3.92. The van der Waals surface area contributed by atoms with Gasteiger partial charge in [0.05, 0.1) is 0 Å². The Bertz CT molecular complexity index is 481. The van der Waals surface area contributed by atoms with Gasteiger partial charge in [0.1, 0.15) is 11.1 Å². The fraction of sp³-hybridized carbons (Fsp3) is 0.300. The third kappa shape index (κ3) is 2.86. The summed E-state index contributed by atoms with van der Waals surface area (Å²) in [4.78, 5) is 11.8.